The van der Waals surface area contributed by atoms with Gasteiger partial charge in [0.1, 0.15) is 4.99 Å². The van der Waals surface area contributed by atoms with E-state index in [9.17, 15) is 0 Å². The summed E-state index contributed by atoms with van der Waals surface area (Å²) < 4.78 is 0. The molecule has 0 saturated heterocycles. The minimum atomic E-state index is 0.263. The van der Waals surface area contributed by atoms with Crippen LogP contribution >= 0.6 is 12.2 Å². The molecule has 0 saturated carbocycles. The van der Waals surface area contributed by atoms with Crippen molar-refractivity contribution in [3.05, 3.63) is 59.7 Å². The van der Waals surface area contributed by atoms with Crippen LogP contribution in [0.5, 0.6) is 0 Å². The molecule has 104 valence electrons. The number of hydrogen-bond donors (Lipinski definition) is 2. The van der Waals surface area contributed by atoms with Gasteiger partial charge in [0.2, 0.25) is 0 Å². The molecule has 0 atom stereocenters. The summed E-state index contributed by atoms with van der Waals surface area (Å²) in [5.41, 5.74) is 10.2. The lowest BCUT2D eigenvalue weighted by molar-refractivity contribution is 0.284. The molecule has 2 rings (SSSR count). The van der Waals surface area contributed by atoms with Gasteiger partial charge in [-0.1, -0.05) is 60.7 Å². The maximum Gasteiger partial charge on any atom is 0.104 e. The molecular weight excluding hydrogens is 266 g/mol. The van der Waals surface area contributed by atoms with Gasteiger partial charge in [-0.05, 0) is 36.0 Å². The van der Waals surface area contributed by atoms with Gasteiger partial charge in [-0.25, -0.2) is 0 Å². The largest absolute Gasteiger partial charge is 0.396 e. The van der Waals surface area contributed by atoms with Crippen molar-refractivity contribution >= 4 is 17.2 Å². The topological polar surface area (TPSA) is 46.2 Å². The third-order valence-corrected chi connectivity index (χ3v) is 3.55. The average Bonchev–Trinajstić information content (AvgIpc) is 2.48. The first-order valence-electron chi connectivity index (χ1n) is 6.81. The molecule has 0 aliphatic carbocycles. The van der Waals surface area contributed by atoms with E-state index in [1.54, 1.807) is 0 Å². The van der Waals surface area contributed by atoms with Gasteiger partial charge in [-0.2, -0.15) is 0 Å². The van der Waals surface area contributed by atoms with Crippen molar-refractivity contribution in [3.63, 3.8) is 0 Å². The summed E-state index contributed by atoms with van der Waals surface area (Å²) in [5.74, 6) is 0. The molecule has 0 aromatic heterocycles. The van der Waals surface area contributed by atoms with Gasteiger partial charge in [0, 0.05) is 12.2 Å². The molecule has 2 aromatic rings. The summed E-state index contributed by atoms with van der Waals surface area (Å²) in [6, 6.07) is 16.4. The number of rotatable bonds is 6. The molecule has 20 heavy (non-hydrogen) atoms. The Morgan fingerprint density at radius 3 is 2.35 bits per heavy atom. The van der Waals surface area contributed by atoms with Gasteiger partial charge in [0.25, 0.3) is 0 Å². The Morgan fingerprint density at radius 1 is 1.00 bits per heavy atom. The Morgan fingerprint density at radius 2 is 1.70 bits per heavy atom. The average molecular weight is 285 g/mol. The second-order valence-corrected chi connectivity index (χ2v) is 5.23. The minimum Gasteiger partial charge on any atom is -0.396 e. The highest BCUT2D eigenvalue weighted by molar-refractivity contribution is 7.80. The number of aryl methyl sites for hydroxylation is 1. The smallest absolute Gasteiger partial charge is 0.104 e. The van der Waals surface area contributed by atoms with Crippen LogP contribution in [0.2, 0.25) is 0 Å². The van der Waals surface area contributed by atoms with E-state index in [0.717, 1.165) is 36.0 Å². The van der Waals surface area contributed by atoms with Crippen LogP contribution in [-0.2, 0) is 6.42 Å². The molecule has 0 fully saturated rings. The highest BCUT2D eigenvalue weighted by atomic mass is 32.1. The number of aliphatic hydroxyl groups excluding tert-OH is 1. The van der Waals surface area contributed by atoms with Crippen molar-refractivity contribution in [2.75, 3.05) is 6.61 Å². The molecule has 3 heteroatoms. The Balaban J connectivity index is 2.20. The molecule has 2 aromatic carbocycles. The first-order valence-corrected chi connectivity index (χ1v) is 7.22. The highest BCUT2D eigenvalue weighted by Crippen LogP contribution is 2.24. The van der Waals surface area contributed by atoms with Crippen molar-refractivity contribution in [2.45, 2.75) is 19.3 Å². The van der Waals surface area contributed by atoms with Gasteiger partial charge >= 0.3 is 0 Å². The van der Waals surface area contributed by atoms with Gasteiger partial charge in [-0.3, -0.25) is 0 Å². The van der Waals surface area contributed by atoms with E-state index >= 15 is 0 Å². The van der Waals surface area contributed by atoms with Crippen molar-refractivity contribution in [3.8, 4) is 11.1 Å². The number of hydrogen-bond acceptors (Lipinski definition) is 2. The van der Waals surface area contributed by atoms with Crippen LogP contribution in [0, 0.1) is 0 Å². The number of benzene rings is 2. The molecule has 0 heterocycles. The van der Waals surface area contributed by atoms with E-state index < -0.39 is 0 Å². The third-order valence-electron chi connectivity index (χ3n) is 3.33. The maximum atomic E-state index is 8.80. The Kier molecular flexibility index (Phi) is 5.27. The van der Waals surface area contributed by atoms with Crippen LogP contribution in [0.15, 0.2) is 48.5 Å². The van der Waals surface area contributed by atoms with E-state index in [2.05, 4.69) is 24.3 Å². The number of thiocarbonyl (C=S) groups is 1. The summed E-state index contributed by atoms with van der Waals surface area (Å²) >= 11 is 5.10. The summed E-state index contributed by atoms with van der Waals surface area (Å²) in [6.45, 7) is 0.263. The zero-order valence-electron chi connectivity index (χ0n) is 11.4. The maximum absolute atomic E-state index is 8.80. The Bertz CT molecular complexity index is 578. The first kappa shape index (κ1) is 14.7. The molecule has 0 bridgehead atoms. The van der Waals surface area contributed by atoms with E-state index in [-0.39, 0.29) is 6.61 Å². The monoisotopic (exact) mass is 285 g/mol. The van der Waals surface area contributed by atoms with Gasteiger partial charge < -0.3 is 10.8 Å². The van der Waals surface area contributed by atoms with Crippen LogP contribution < -0.4 is 5.73 Å². The van der Waals surface area contributed by atoms with Crippen LogP contribution in [0.25, 0.3) is 11.1 Å². The van der Waals surface area contributed by atoms with E-state index in [0.29, 0.717) is 4.99 Å². The summed E-state index contributed by atoms with van der Waals surface area (Å²) in [5, 5.41) is 8.80. The summed E-state index contributed by atoms with van der Waals surface area (Å²) in [4.78, 5) is 0.424. The number of nitrogens with two attached hydrogens (primary N) is 1. The molecule has 3 N–H and O–H groups in total. The van der Waals surface area contributed by atoms with Gasteiger partial charge in [0.15, 0.2) is 0 Å². The van der Waals surface area contributed by atoms with Crippen LogP contribution in [0.3, 0.4) is 0 Å². The predicted octanol–water partition coefficient (Wildman–Crippen LogP) is 3.30. The summed E-state index contributed by atoms with van der Waals surface area (Å²) in [7, 11) is 0. The first-order chi connectivity index (χ1) is 9.72. The van der Waals surface area contributed by atoms with Gasteiger partial charge in [0.05, 0.1) is 0 Å². The van der Waals surface area contributed by atoms with E-state index in [4.69, 9.17) is 23.1 Å². The lowest BCUT2D eigenvalue weighted by atomic mass is 9.97. The fraction of sp³-hybridized carbons (Fsp3) is 0.235. The van der Waals surface area contributed by atoms with Crippen LogP contribution in [0.1, 0.15) is 24.0 Å². The predicted molar refractivity (Wildman–Crippen MR) is 87.8 cm³/mol. The second kappa shape index (κ2) is 7.17. The molecular formula is C17H19NOS. The normalized spacial score (nSPS) is 10.4. The van der Waals surface area contributed by atoms with Crippen molar-refractivity contribution in [2.24, 2.45) is 5.73 Å². The number of unbranched alkanes of at least 4 members (excludes halogenated alkanes) is 1. The zero-order chi connectivity index (χ0) is 14.4. The standard InChI is InChI=1S/C17H19NOS/c18-17(20)16-7-2-1-6-15(16)14-10-8-13(9-11-14)5-3-4-12-19/h1-2,6-11,19H,3-5,12H2,(H2,18,20). The van der Waals surface area contributed by atoms with E-state index in [1.807, 2.05) is 24.3 Å². The molecule has 0 aliphatic rings. The molecule has 0 aliphatic heterocycles. The van der Waals surface area contributed by atoms with Crippen molar-refractivity contribution < 1.29 is 5.11 Å². The Hall–Kier alpha value is -1.71. The molecule has 0 radical (unpaired) electrons. The number of aliphatic hydroxyl groups is 1. The Labute approximate surface area is 125 Å². The molecule has 0 spiro atoms. The fourth-order valence-corrected chi connectivity index (χ4v) is 2.42. The second-order valence-electron chi connectivity index (χ2n) is 4.79. The van der Waals surface area contributed by atoms with Crippen LogP contribution in [-0.4, -0.2) is 16.7 Å². The van der Waals surface area contributed by atoms with Crippen molar-refractivity contribution in [1.82, 2.24) is 0 Å². The lowest BCUT2D eigenvalue weighted by Crippen LogP contribution is -2.10. The van der Waals surface area contributed by atoms with Crippen molar-refractivity contribution in [1.29, 1.82) is 0 Å². The summed E-state index contributed by atoms with van der Waals surface area (Å²) in [6.07, 6.45) is 2.86. The lowest BCUT2D eigenvalue weighted by Gasteiger charge is -2.09. The van der Waals surface area contributed by atoms with Gasteiger partial charge in [-0.15, -0.1) is 0 Å². The molecule has 0 amide bonds. The molecule has 0 unspecified atom stereocenters. The quantitative estimate of drug-likeness (QED) is 0.632. The minimum absolute atomic E-state index is 0.263. The van der Waals surface area contributed by atoms with E-state index in [1.165, 1.54) is 5.56 Å². The van der Waals surface area contributed by atoms with Crippen LogP contribution in [0.4, 0.5) is 0 Å². The molecule has 2 nitrogen and oxygen atoms in total. The highest BCUT2D eigenvalue weighted by Gasteiger charge is 2.06. The SMILES string of the molecule is NC(=S)c1ccccc1-c1ccc(CCCCO)cc1. The zero-order valence-corrected chi connectivity index (χ0v) is 12.2. The third kappa shape index (κ3) is 3.65. The fourth-order valence-electron chi connectivity index (χ4n) is 2.24.